The average molecular weight is 332 g/mol. The molecule has 3 heteroatoms. The highest BCUT2D eigenvalue weighted by Crippen LogP contribution is 2.67. The number of carbonyl (C=O) groups is 1. The van der Waals surface area contributed by atoms with E-state index < -0.39 is 11.7 Å². The molecule has 3 saturated carbocycles. The number of carbonyl (C=O) groups excluding carboxylic acids is 1. The molecule has 0 amide bonds. The van der Waals surface area contributed by atoms with Gasteiger partial charge in [-0.15, -0.1) is 0 Å². The summed E-state index contributed by atoms with van der Waals surface area (Å²) in [5.41, 5.74) is 0.489. The van der Waals surface area contributed by atoms with Crippen LogP contribution in [-0.4, -0.2) is 27.7 Å². The molecule has 0 saturated heterocycles. The standard InChI is InChI=1S/C21H32O3/c1-13(22)21(24)11-8-18-16-5-4-14-12-15(23)6-9-19(14,2)17(16)7-10-20(18,21)3/h12-13,16-18,22,24H,4-11H2,1-3H3/t13-,16-,17?,18+,19+,20+,21+/m1/s1. The summed E-state index contributed by atoms with van der Waals surface area (Å²) in [6.07, 6.45) is 9.07. The van der Waals surface area contributed by atoms with Crippen molar-refractivity contribution < 1.29 is 15.0 Å². The van der Waals surface area contributed by atoms with Crippen LogP contribution in [0.25, 0.3) is 0 Å². The van der Waals surface area contributed by atoms with Crippen molar-refractivity contribution in [1.82, 2.24) is 0 Å². The predicted molar refractivity (Wildman–Crippen MR) is 93.3 cm³/mol. The molecule has 4 aliphatic rings. The van der Waals surface area contributed by atoms with Crippen LogP contribution in [0.4, 0.5) is 0 Å². The fraction of sp³-hybridized carbons (Fsp3) is 0.857. The molecular formula is C21H32O3. The molecule has 2 N–H and O–H groups in total. The summed E-state index contributed by atoms with van der Waals surface area (Å²) in [5.74, 6) is 2.09. The zero-order valence-electron chi connectivity index (χ0n) is 15.3. The maximum absolute atomic E-state index is 11.9. The van der Waals surface area contributed by atoms with E-state index in [2.05, 4.69) is 13.8 Å². The largest absolute Gasteiger partial charge is 0.390 e. The minimum atomic E-state index is -0.928. The van der Waals surface area contributed by atoms with Crippen molar-refractivity contribution in [1.29, 1.82) is 0 Å². The predicted octanol–water partition coefficient (Wildman–Crippen LogP) is 3.63. The Morgan fingerprint density at radius 2 is 1.79 bits per heavy atom. The van der Waals surface area contributed by atoms with E-state index >= 15 is 0 Å². The lowest BCUT2D eigenvalue weighted by atomic mass is 9.46. The molecule has 1 unspecified atom stereocenters. The fourth-order valence-electron chi connectivity index (χ4n) is 7.30. The van der Waals surface area contributed by atoms with Crippen molar-refractivity contribution in [3.05, 3.63) is 11.6 Å². The normalized spacial score (nSPS) is 52.1. The molecule has 3 fully saturated rings. The van der Waals surface area contributed by atoms with Crippen molar-refractivity contribution in [3.8, 4) is 0 Å². The van der Waals surface area contributed by atoms with Gasteiger partial charge in [-0.05, 0) is 81.1 Å². The third-order valence-corrected chi connectivity index (χ3v) is 8.87. The van der Waals surface area contributed by atoms with E-state index in [9.17, 15) is 15.0 Å². The number of hydrogen-bond acceptors (Lipinski definition) is 3. The number of hydrogen-bond donors (Lipinski definition) is 2. The summed E-state index contributed by atoms with van der Waals surface area (Å²) in [6.45, 7) is 6.38. The van der Waals surface area contributed by atoms with Gasteiger partial charge in [0.15, 0.2) is 5.78 Å². The second kappa shape index (κ2) is 5.17. The zero-order chi connectivity index (χ0) is 17.3. The maximum atomic E-state index is 11.9. The summed E-state index contributed by atoms with van der Waals surface area (Å²) < 4.78 is 0. The van der Waals surface area contributed by atoms with Gasteiger partial charge in [0.2, 0.25) is 0 Å². The van der Waals surface area contributed by atoms with Gasteiger partial charge in [0.25, 0.3) is 0 Å². The van der Waals surface area contributed by atoms with Crippen LogP contribution in [-0.2, 0) is 4.79 Å². The van der Waals surface area contributed by atoms with Gasteiger partial charge in [-0.25, -0.2) is 0 Å². The van der Waals surface area contributed by atoms with Crippen LogP contribution >= 0.6 is 0 Å². The molecule has 4 aliphatic carbocycles. The molecule has 7 atom stereocenters. The highest BCUT2D eigenvalue weighted by atomic mass is 16.3. The van der Waals surface area contributed by atoms with Crippen LogP contribution < -0.4 is 0 Å². The van der Waals surface area contributed by atoms with E-state index in [1.807, 2.05) is 6.08 Å². The first-order valence-corrected chi connectivity index (χ1v) is 9.87. The van der Waals surface area contributed by atoms with E-state index in [0.717, 1.165) is 44.9 Å². The van der Waals surface area contributed by atoms with Crippen LogP contribution in [0, 0.1) is 28.6 Å². The molecule has 0 aliphatic heterocycles. The quantitative estimate of drug-likeness (QED) is 0.771. The Morgan fingerprint density at radius 1 is 1.08 bits per heavy atom. The Bertz CT molecular complexity index is 594. The van der Waals surface area contributed by atoms with Crippen LogP contribution in [0.2, 0.25) is 0 Å². The van der Waals surface area contributed by atoms with E-state index in [4.69, 9.17) is 0 Å². The summed E-state index contributed by atoms with van der Waals surface area (Å²) in [6, 6.07) is 0. The lowest BCUT2D eigenvalue weighted by Crippen LogP contribution is -2.58. The monoisotopic (exact) mass is 332 g/mol. The lowest BCUT2D eigenvalue weighted by Gasteiger charge is -2.59. The molecule has 0 aromatic carbocycles. The van der Waals surface area contributed by atoms with Crippen LogP contribution in [0.1, 0.15) is 72.1 Å². The van der Waals surface area contributed by atoms with E-state index in [1.165, 1.54) is 5.57 Å². The van der Waals surface area contributed by atoms with Crippen LogP contribution in [0.3, 0.4) is 0 Å². The minimum Gasteiger partial charge on any atom is -0.390 e. The van der Waals surface area contributed by atoms with E-state index in [0.29, 0.717) is 30.0 Å². The molecule has 0 bridgehead atoms. The Hall–Kier alpha value is -0.670. The summed E-state index contributed by atoms with van der Waals surface area (Å²) >= 11 is 0. The van der Waals surface area contributed by atoms with Gasteiger partial charge >= 0.3 is 0 Å². The third-order valence-electron chi connectivity index (χ3n) is 8.87. The Labute approximate surface area is 145 Å². The maximum Gasteiger partial charge on any atom is 0.155 e. The number of ketones is 1. The SMILES string of the molecule is C[C@@H](O)[C@@]1(O)CC[C@H]2[C@@H]3CCC4=CC(=O)CC[C@]4(C)C3CC[C@@]21C. The smallest absolute Gasteiger partial charge is 0.155 e. The Balaban J connectivity index is 1.69. The van der Waals surface area contributed by atoms with Crippen molar-refractivity contribution in [2.75, 3.05) is 0 Å². The van der Waals surface area contributed by atoms with Gasteiger partial charge in [0.1, 0.15) is 0 Å². The molecule has 0 radical (unpaired) electrons. The Kier molecular flexibility index (Phi) is 3.61. The van der Waals surface area contributed by atoms with Crippen LogP contribution in [0.15, 0.2) is 11.6 Å². The molecule has 0 heterocycles. The molecule has 134 valence electrons. The molecule has 0 aromatic rings. The van der Waals surface area contributed by atoms with Crippen molar-refractivity contribution in [3.63, 3.8) is 0 Å². The van der Waals surface area contributed by atoms with E-state index in [-0.39, 0.29) is 10.8 Å². The molecular weight excluding hydrogens is 300 g/mol. The first-order chi connectivity index (χ1) is 11.2. The van der Waals surface area contributed by atoms with Gasteiger partial charge in [-0.2, -0.15) is 0 Å². The second-order valence-corrected chi connectivity index (χ2v) is 9.56. The summed E-state index contributed by atoms with van der Waals surface area (Å²) in [5, 5.41) is 21.5. The van der Waals surface area contributed by atoms with Crippen molar-refractivity contribution in [2.24, 2.45) is 28.6 Å². The van der Waals surface area contributed by atoms with Gasteiger partial charge in [-0.3, -0.25) is 4.79 Å². The first kappa shape index (κ1) is 16.8. The molecule has 4 rings (SSSR count). The second-order valence-electron chi connectivity index (χ2n) is 9.56. The number of aliphatic hydroxyl groups is 2. The minimum absolute atomic E-state index is 0.162. The number of fused-ring (bicyclic) bond motifs is 5. The highest BCUT2D eigenvalue weighted by Gasteiger charge is 2.65. The fourth-order valence-corrected chi connectivity index (χ4v) is 7.30. The summed E-state index contributed by atoms with van der Waals surface area (Å²) in [4.78, 5) is 11.9. The van der Waals surface area contributed by atoms with Gasteiger partial charge in [0, 0.05) is 11.8 Å². The molecule has 3 nitrogen and oxygen atoms in total. The Morgan fingerprint density at radius 3 is 2.50 bits per heavy atom. The highest BCUT2D eigenvalue weighted by molar-refractivity contribution is 5.91. The number of rotatable bonds is 1. The first-order valence-electron chi connectivity index (χ1n) is 9.87. The zero-order valence-corrected chi connectivity index (χ0v) is 15.3. The van der Waals surface area contributed by atoms with Gasteiger partial charge in [0.05, 0.1) is 11.7 Å². The van der Waals surface area contributed by atoms with Crippen molar-refractivity contribution in [2.45, 2.75) is 83.8 Å². The molecule has 0 aromatic heterocycles. The lowest BCUT2D eigenvalue weighted by molar-refractivity contribution is -0.171. The molecule has 0 spiro atoms. The average Bonchev–Trinajstić information content (AvgIpc) is 2.81. The number of allylic oxidation sites excluding steroid dienone is 1. The number of aliphatic hydroxyl groups excluding tert-OH is 1. The van der Waals surface area contributed by atoms with Crippen molar-refractivity contribution >= 4 is 5.78 Å². The van der Waals surface area contributed by atoms with Gasteiger partial charge < -0.3 is 10.2 Å². The van der Waals surface area contributed by atoms with E-state index in [1.54, 1.807) is 6.92 Å². The third kappa shape index (κ3) is 1.94. The van der Waals surface area contributed by atoms with Gasteiger partial charge in [-0.1, -0.05) is 19.4 Å². The topological polar surface area (TPSA) is 57.5 Å². The summed E-state index contributed by atoms with van der Waals surface area (Å²) in [7, 11) is 0. The molecule has 24 heavy (non-hydrogen) atoms. The van der Waals surface area contributed by atoms with Crippen LogP contribution in [0.5, 0.6) is 0 Å².